The van der Waals surface area contributed by atoms with Gasteiger partial charge in [0.15, 0.2) is 0 Å². The molecule has 1 aliphatic rings. The summed E-state index contributed by atoms with van der Waals surface area (Å²) in [5.41, 5.74) is 3.73. The molecule has 0 spiro atoms. The van der Waals surface area contributed by atoms with Crippen LogP contribution in [0.2, 0.25) is 0 Å². The number of fused-ring (bicyclic) bond motifs is 1. The minimum atomic E-state index is -0.214. The summed E-state index contributed by atoms with van der Waals surface area (Å²) in [7, 11) is 2.07. The molecule has 0 fully saturated rings. The van der Waals surface area contributed by atoms with Crippen LogP contribution in [0.3, 0.4) is 0 Å². The molecule has 2 nitrogen and oxygen atoms in total. The molecule has 5 heteroatoms. The highest BCUT2D eigenvalue weighted by Gasteiger charge is 2.13. The lowest BCUT2D eigenvalue weighted by molar-refractivity contribution is 0.625. The van der Waals surface area contributed by atoms with E-state index in [1.54, 1.807) is 18.2 Å². The Morgan fingerprint density at radius 3 is 2.48 bits per heavy atom. The number of likely N-dealkylation sites (N-methyl/N-ethyl adjacent to an activating group) is 1. The van der Waals surface area contributed by atoms with E-state index >= 15 is 0 Å². The van der Waals surface area contributed by atoms with E-state index in [0.29, 0.717) is 5.56 Å². The van der Waals surface area contributed by atoms with Crippen molar-refractivity contribution in [2.45, 2.75) is 0 Å². The van der Waals surface area contributed by atoms with E-state index in [-0.39, 0.29) is 30.6 Å². The first kappa shape index (κ1) is 19.2. The van der Waals surface area contributed by atoms with Crippen LogP contribution < -0.4 is 4.90 Å². The second-order valence-corrected chi connectivity index (χ2v) is 5.06. The Labute approximate surface area is 148 Å². The predicted octanol–water partition coefficient (Wildman–Crippen LogP) is 4.62. The predicted molar refractivity (Wildman–Crippen MR) is 101 cm³/mol. The van der Waals surface area contributed by atoms with Crippen LogP contribution in [0.1, 0.15) is 11.1 Å². The van der Waals surface area contributed by atoms with Gasteiger partial charge in [-0.25, -0.2) is 4.39 Å². The molecule has 0 unspecified atom stereocenters. The molecule has 1 heterocycles. The highest BCUT2D eigenvalue weighted by molar-refractivity contribution is 6.14. The van der Waals surface area contributed by atoms with Gasteiger partial charge >= 0.3 is 0 Å². The van der Waals surface area contributed by atoms with Gasteiger partial charge in [-0.1, -0.05) is 36.4 Å². The van der Waals surface area contributed by atoms with E-state index < -0.39 is 0 Å². The molecule has 0 saturated heterocycles. The molecule has 0 atom stereocenters. The standard InChI is InChI=1S/C18H17FN2.2ClH/c1-21-13-12-20-17(15-7-3-5-9-18(15)21)11-10-14-6-2-4-8-16(14)19;;/h2-11H,12-13H2,1H3;2*1H/b11-10+;;. The number of allylic oxidation sites excluding steroid dienone is 1. The summed E-state index contributed by atoms with van der Waals surface area (Å²) in [6, 6.07) is 14.9. The smallest absolute Gasteiger partial charge is 0.130 e. The maximum atomic E-state index is 13.7. The number of hydrogen-bond acceptors (Lipinski definition) is 2. The van der Waals surface area contributed by atoms with Gasteiger partial charge in [-0.05, 0) is 24.3 Å². The highest BCUT2D eigenvalue weighted by Crippen LogP contribution is 2.23. The Hall–Kier alpha value is -1.84. The number of halogens is 3. The molecular formula is C18H19Cl2FN2. The summed E-state index contributed by atoms with van der Waals surface area (Å²) < 4.78 is 13.7. The first-order valence-corrected chi connectivity index (χ1v) is 7.03. The van der Waals surface area contributed by atoms with E-state index in [1.807, 2.05) is 24.3 Å². The number of nitrogens with zero attached hydrogens (tertiary/aromatic N) is 2. The molecule has 0 N–H and O–H groups in total. The van der Waals surface area contributed by atoms with Gasteiger partial charge in [-0.15, -0.1) is 24.8 Å². The van der Waals surface area contributed by atoms with Crippen LogP contribution in [0.5, 0.6) is 0 Å². The maximum Gasteiger partial charge on any atom is 0.130 e. The molecule has 0 aliphatic carbocycles. The average molecular weight is 353 g/mol. The van der Waals surface area contributed by atoms with E-state index in [0.717, 1.165) is 30.1 Å². The maximum absolute atomic E-state index is 13.7. The monoisotopic (exact) mass is 352 g/mol. The molecule has 0 bridgehead atoms. The molecule has 1 aliphatic heterocycles. The van der Waals surface area contributed by atoms with E-state index in [9.17, 15) is 4.39 Å². The lowest BCUT2D eigenvalue weighted by Gasteiger charge is -2.18. The van der Waals surface area contributed by atoms with Crippen LogP contribution in [0.4, 0.5) is 10.1 Å². The summed E-state index contributed by atoms with van der Waals surface area (Å²) in [5.74, 6) is -0.214. The van der Waals surface area contributed by atoms with Crippen LogP contribution in [-0.4, -0.2) is 25.8 Å². The Balaban J connectivity index is 0.00000132. The van der Waals surface area contributed by atoms with E-state index in [4.69, 9.17) is 0 Å². The van der Waals surface area contributed by atoms with Gasteiger partial charge in [0.25, 0.3) is 0 Å². The van der Waals surface area contributed by atoms with E-state index in [2.05, 4.69) is 29.1 Å². The van der Waals surface area contributed by atoms with Crippen molar-refractivity contribution in [1.82, 2.24) is 0 Å². The number of aliphatic imine (C=N–C) groups is 1. The van der Waals surface area contributed by atoms with Crippen molar-refractivity contribution in [1.29, 1.82) is 0 Å². The topological polar surface area (TPSA) is 15.6 Å². The summed E-state index contributed by atoms with van der Waals surface area (Å²) in [6.07, 6.45) is 3.69. The second-order valence-electron chi connectivity index (χ2n) is 5.06. The number of para-hydroxylation sites is 1. The molecule has 0 radical (unpaired) electrons. The third kappa shape index (κ3) is 4.34. The third-order valence-electron chi connectivity index (χ3n) is 3.63. The van der Waals surface area contributed by atoms with Crippen molar-refractivity contribution in [3.63, 3.8) is 0 Å². The zero-order chi connectivity index (χ0) is 14.7. The van der Waals surface area contributed by atoms with Crippen molar-refractivity contribution in [2.75, 3.05) is 25.0 Å². The molecule has 0 saturated carbocycles. The summed E-state index contributed by atoms with van der Waals surface area (Å²) in [4.78, 5) is 6.82. The zero-order valence-corrected chi connectivity index (χ0v) is 14.4. The molecular weight excluding hydrogens is 334 g/mol. The first-order chi connectivity index (χ1) is 10.3. The minimum Gasteiger partial charge on any atom is -0.372 e. The number of benzene rings is 2. The van der Waals surface area contributed by atoms with Gasteiger partial charge < -0.3 is 4.90 Å². The van der Waals surface area contributed by atoms with Crippen LogP contribution in [-0.2, 0) is 0 Å². The van der Waals surface area contributed by atoms with E-state index in [1.165, 1.54) is 6.07 Å². The van der Waals surface area contributed by atoms with Crippen molar-refractivity contribution in [2.24, 2.45) is 4.99 Å². The number of benzodiazepines with no additional fused rings is 1. The molecule has 122 valence electrons. The van der Waals surface area contributed by atoms with Crippen LogP contribution >= 0.6 is 24.8 Å². The number of rotatable bonds is 2. The fraction of sp³-hybridized carbons (Fsp3) is 0.167. The van der Waals surface area contributed by atoms with Gasteiger partial charge in [0.1, 0.15) is 5.82 Å². The number of hydrogen-bond donors (Lipinski definition) is 0. The van der Waals surface area contributed by atoms with Gasteiger partial charge in [-0.2, -0.15) is 0 Å². The molecule has 23 heavy (non-hydrogen) atoms. The van der Waals surface area contributed by atoms with Crippen molar-refractivity contribution in [3.8, 4) is 0 Å². The van der Waals surface area contributed by atoms with Crippen molar-refractivity contribution in [3.05, 3.63) is 71.6 Å². The molecule has 3 rings (SSSR count). The van der Waals surface area contributed by atoms with Crippen LogP contribution in [0.25, 0.3) is 6.08 Å². The Morgan fingerprint density at radius 2 is 1.70 bits per heavy atom. The Bertz CT molecular complexity index is 714. The van der Waals surface area contributed by atoms with Gasteiger partial charge in [0.05, 0.1) is 12.3 Å². The lowest BCUT2D eigenvalue weighted by atomic mass is 10.1. The molecule has 0 aromatic heterocycles. The lowest BCUT2D eigenvalue weighted by Crippen LogP contribution is -2.20. The quantitative estimate of drug-likeness (QED) is 0.769. The fourth-order valence-corrected chi connectivity index (χ4v) is 2.47. The minimum absolute atomic E-state index is 0. The second kappa shape index (κ2) is 8.70. The van der Waals surface area contributed by atoms with Gasteiger partial charge in [0, 0.05) is 30.4 Å². The average Bonchev–Trinajstić information content (AvgIpc) is 2.67. The Kier molecular flexibility index (Phi) is 7.27. The summed E-state index contributed by atoms with van der Waals surface area (Å²) in [6.45, 7) is 1.62. The third-order valence-corrected chi connectivity index (χ3v) is 3.63. The first-order valence-electron chi connectivity index (χ1n) is 7.03. The summed E-state index contributed by atoms with van der Waals surface area (Å²) in [5, 5.41) is 0. The summed E-state index contributed by atoms with van der Waals surface area (Å²) >= 11 is 0. The number of anilines is 1. The van der Waals surface area contributed by atoms with Gasteiger partial charge in [0.2, 0.25) is 0 Å². The van der Waals surface area contributed by atoms with Crippen LogP contribution in [0.15, 0.2) is 59.6 Å². The van der Waals surface area contributed by atoms with Crippen molar-refractivity contribution < 1.29 is 4.39 Å². The van der Waals surface area contributed by atoms with Gasteiger partial charge in [-0.3, -0.25) is 4.99 Å². The SMILES string of the molecule is CN1CCN=C(/C=C/c2ccccc2F)c2ccccc21.Cl.Cl. The Morgan fingerprint density at radius 1 is 1.00 bits per heavy atom. The largest absolute Gasteiger partial charge is 0.372 e. The van der Waals surface area contributed by atoms with Crippen molar-refractivity contribution >= 4 is 42.3 Å². The highest BCUT2D eigenvalue weighted by atomic mass is 35.5. The normalized spacial score (nSPS) is 13.5. The van der Waals surface area contributed by atoms with Crippen LogP contribution in [0, 0.1) is 5.82 Å². The zero-order valence-electron chi connectivity index (χ0n) is 12.8. The molecule has 2 aromatic carbocycles. The fourth-order valence-electron chi connectivity index (χ4n) is 2.47. The molecule has 2 aromatic rings. The molecule has 0 amide bonds.